The Morgan fingerprint density at radius 3 is 1.91 bits per heavy atom. The fraction of sp³-hybridized carbons (Fsp3) is 0.368. The lowest BCUT2D eigenvalue weighted by Gasteiger charge is -2.37. The molecule has 1 unspecified atom stereocenters. The fourth-order valence-electron chi connectivity index (χ4n) is 3.34. The molecule has 0 aromatic heterocycles. The molecule has 2 aromatic rings. The predicted octanol–water partition coefficient (Wildman–Crippen LogP) is 3.88. The van der Waals surface area contributed by atoms with Gasteiger partial charge in [0.2, 0.25) is 0 Å². The minimum atomic E-state index is -0.965. The third-order valence-electron chi connectivity index (χ3n) is 4.49. The molecule has 2 aromatic carbocycles. The van der Waals surface area contributed by atoms with Crippen LogP contribution in [-0.4, -0.2) is 17.7 Å². The monoisotopic (exact) mass is 317 g/mol. The standard InChI is InChI=1S/C19H23NO.ClH/c21-19(16-10-4-1-5-11-16,17-12-6-2-7-13-17)18-14-8-3-9-15-20-18;/h1-2,4-7,10-13,18,20-21H,3,8-9,14-15H2;1H. The van der Waals surface area contributed by atoms with Gasteiger partial charge in [-0.15, -0.1) is 12.4 Å². The Labute approximate surface area is 139 Å². The Morgan fingerprint density at radius 2 is 1.36 bits per heavy atom. The quantitative estimate of drug-likeness (QED) is 0.900. The molecule has 2 N–H and O–H groups in total. The molecule has 1 aliphatic heterocycles. The molecule has 0 aliphatic carbocycles. The van der Waals surface area contributed by atoms with Crippen molar-refractivity contribution in [1.82, 2.24) is 5.32 Å². The summed E-state index contributed by atoms with van der Waals surface area (Å²) in [4.78, 5) is 0. The van der Waals surface area contributed by atoms with Crippen molar-refractivity contribution in [1.29, 1.82) is 0 Å². The van der Waals surface area contributed by atoms with Crippen molar-refractivity contribution >= 4 is 12.4 Å². The molecule has 1 atom stereocenters. The lowest BCUT2D eigenvalue weighted by molar-refractivity contribution is 0.0355. The summed E-state index contributed by atoms with van der Waals surface area (Å²) in [5.41, 5.74) is 0.971. The van der Waals surface area contributed by atoms with Crippen LogP contribution in [0.3, 0.4) is 0 Å². The molecule has 2 nitrogen and oxygen atoms in total. The summed E-state index contributed by atoms with van der Waals surface area (Å²) in [6.45, 7) is 0.979. The lowest BCUT2D eigenvalue weighted by atomic mass is 9.78. The molecule has 1 fully saturated rings. The minimum Gasteiger partial charge on any atom is -0.379 e. The highest BCUT2D eigenvalue weighted by Crippen LogP contribution is 2.35. The molecule has 3 heteroatoms. The van der Waals surface area contributed by atoms with Gasteiger partial charge in [0.05, 0.1) is 0 Å². The molecule has 0 spiro atoms. The molecular weight excluding hydrogens is 294 g/mol. The first kappa shape index (κ1) is 17.0. The maximum atomic E-state index is 11.6. The van der Waals surface area contributed by atoms with Gasteiger partial charge in [0.25, 0.3) is 0 Å². The predicted molar refractivity (Wildman–Crippen MR) is 93.4 cm³/mol. The third kappa shape index (κ3) is 3.35. The number of halogens is 1. The van der Waals surface area contributed by atoms with E-state index in [0.717, 1.165) is 24.1 Å². The summed E-state index contributed by atoms with van der Waals surface area (Å²) in [7, 11) is 0. The van der Waals surface area contributed by atoms with Gasteiger partial charge >= 0.3 is 0 Å². The zero-order chi connectivity index (χ0) is 14.5. The van der Waals surface area contributed by atoms with E-state index in [4.69, 9.17) is 0 Å². The van der Waals surface area contributed by atoms with Gasteiger partial charge < -0.3 is 10.4 Å². The number of hydrogen-bond donors (Lipinski definition) is 2. The van der Waals surface area contributed by atoms with Gasteiger partial charge in [0, 0.05) is 6.04 Å². The van der Waals surface area contributed by atoms with Crippen LogP contribution in [0, 0.1) is 0 Å². The van der Waals surface area contributed by atoms with Crippen molar-refractivity contribution < 1.29 is 5.11 Å². The van der Waals surface area contributed by atoms with Crippen LogP contribution in [0.15, 0.2) is 60.7 Å². The summed E-state index contributed by atoms with van der Waals surface area (Å²) in [5, 5.41) is 15.2. The molecule has 0 radical (unpaired) electrons. The second-order valence-electron chi connectivity index (χ2n) is 5.85. The molecule has 22 heavy (non-hydrogen) atoms. The fourth-order valence-corrected chi connectivity index (χ4v) is 3.34. The van der Waals surface area contributed by atoms with Gasteiger partial charge in [-0.3, -0.25) is 0 Å². The molecule has 118 valence electrons. The van der Waals surface area contributed by atoms with Crippen LogP contribution in [-0.2, 0) is 5.60 Å². The normalized spacial score (nSPS) is 19.0. The van der Waals surface area contributed by atoms with Crippen molar-refractivity contribution in [2.75, 3.05) is 6.54 Å². The third-order valence-corrected chi connectivity index (χ3v) is 4.49. The van der Waals surface area contributed by atoms with Crippen LogP contribution in [0.25, 0.3) is 0 Å². The first-order valence-corrected chi connectivity index (χ1v) is 7.88. The van der Waals surface area contributed by atoms with Crippen LogP contribution in [0.4, 0.5) is 0 Å². The Balaban J connectivity index is 0.00000176. The minimum absolute atomic E-state index is 0. The van der Waals surface area contributed by atoms with Gasteiger partial charge in [0.1, 0.15) is 5.60 Å². The smallest absolute Gasteiger partial charge is 0.130 e. The summed E-state index contributed by atoms with van der Waals surface area (Å²) in [5.74, 6) is 0. The molecule has 3 rings (SSSR count). The highest BCUT2D eigenvalue weighted by molar-refractivity contribution is 5.85. The first-order chi connectivity index (χ1) is 10.3. The number of aliphatic hydroxyl groups is 1. The molecule has 0 amide bonds. The van der Waals surface area contributed by atoms with E-state index in [2.05, 4.69) is 5.32 Å². The van der Waals surface area contributed by atoms with Crippen molar-refractivity contribution in [3.63, 3.8) is 0 Å². The van der Waals surface area contributed by atoms with Crippen molar-refractivity contribution in [3.8, 4) is 0 Å². The summed E-state index contributed by atoms with van der Waals surface area (Å²) < 4.78 is 0. The zero-order valence-corrected chi connectivity index (χ0v) is 13.6. The largest absolute Gasteiger partial charge is 0.379 e. The van der Waals surface area contributed by atoms with E-state index in [1.165, 1.54) is 19.3 Å². The van der Waals surface area contributed by atoms with Crippen LogP contribution in [0.2, 0.25) is 0 Å². The van der Waals surface area contributed by atoms with E-state index in [1.807, 2.05) is 60.7 Å². The van der Waals surface area contributed by atoms with Crippen LogP contribution >= 0.6 is 12.4 Å². The topological polar surface area (TPSA) is 32.3 Å². The SMILES string of the molecule is Cl.OC(c1ccccc1)(c1ccccc1)C1CCCCCN1. The average molecular weight is 318 g/mol. The average Bonchev–Trinajstić information content (AvgIpc) is 2.85. The molecule has 1 heterocycles. The maximum absolute atomic E-state index is 11.6. The number of nitrogens with one attached hydrogen (secondary N) is 1. The second-order valence-corrected chi connectivity index (χ2v) is 5.85. The van der Waals surface area contributed by atoms with E-state index >= 15 is 0 Å². The van der Waals surface area contributed by atoms with Crippen LogP contribution in [0.1, 0.15) is 36.8 Å². The number of benzene rings is 2. The van der Waals surface area contributed by atoms with Crippen molar-refractivity contribution in [2.24, 2.45) is 0 Å². The van der Waals surface area contributed by atoms with E-state index in [-0.39, 0.29) is 18.4 Å². The number of hydrogen-bond acceptors (Lipinski definition) is 2. The Morgan fingerprint density at radius 1 is 0.818 bits per heavy atom. The Hall–Kier alpha value is -1.35. The van der Waals surface area contributed by atoms with Gasteiger partial charge in [-0.1, -0.05) is 73.5 Å². The van der Waals surface area contributed by atoms with E-state index < -0.39 is 5.60 Å². The van der Waals surface area contributed by atoms with Crippen LogP contribution < -0.4 is 5.32 Å². The molecule has 1 saturated heterocycles. The Bertz CT molecular complexity index is 511. The van der Waals surface area contributed by atoms with Crippen LogP contribution in [0.5, 0.6) is 0 Å². The van der Waals surface area contributed by atoms with Gasteiger partial charge in [-0.2, -0.15) is 0 Å². The molecular formula is C19H24ClNO. The van der Waals surface area contributed by atoms with E-state index in [0.29, 0.717) is 0 Å². The van der Waals surface area contributed by atoms with Gasteiger partial charge in [-0.05, 0) is 30.5 Å². The summed E-state index contributed by atoms with van der Waals surface area (Å²) in [6.07, 6.45) is 4.60. The molecule has 0 bridgehead atoms. The lowest BCUT2D eigenvalue weighted by Crippen LogP contribution is -2.49. The molecule has 1 aliphatic rings. The van der Waals surface area contributed by atoms with Gasteiger partial charge in [0.15, 0.2) is 0 Å². The van der Waals surface area contributed by atoms with E-state index in [9.17, 15) is 5.11 Å². The van der Waals surface area contributed by atoms with Crippen molar-refractivity contribution in [2.45, 2.75) is 37.3 Å². The molecule has 0 saturated carbocycles. The maximum Gasteiger partial charge on any atom is 0.130 e. The van der Waals surface area contributed by atoms with E-state index in [1.54, 1.807) is 0 Å². The van der Waals surface area contributed by atoms with Crippen molar-refractivity contribution in [3.05, 3.63) is 71.8 Å². The Kier molecular flexibility index (Phi) is 6.01. The summed E-state index contributed by atoms with van der Waals surface area (Å²) in [6, 6.07) is 20.2. The highest BCUT2D eigenvalue weighted by Gasteiger charge is 2.39. The number of rotatable bonds is 3. The highest BCUT2D eigenvalue weighted by atomic mass is 35.5. The summed E-state index contributed by atoms with van der Waals surface area (Å²) >= 11 is 0. The zero-order valence-electron chi connectivity index (χ0n) is 12.7. The second kappa shape index (κ2) is 7.77. The first-order valence-electron chi connectivity index (χ1n) is 7.88. The van der Waals surface area contributed by atoms with Gasteiger partial charge in [-0.25, -0.2) is 0 Å².